The largest absolute Gasteiger partial charge is 0.379 e. The summed E-state index contributed by atoms with van der Waals surface area (Å²) < 4.78 is 6.68. The maximum Gasteiger partial charge on any atom is 0.0623 e. The van der Waals surface area contributed by atoms with E-state index in [0.717, 1.165) is 25.1 Å². The molecule has 0 radical (unpaired) electrons. The smallest absolute Gasteiger partial charge is 0.0623 e. The first-order valence-corrected chi connectivity index (χ1v) is 8.92. The van der Waals surface area contributed by atoms with Crippen molar-refractivity contribution >= 4 is 27.7 Å². The van der Waals surface area contributed by atoms with Crippen molar-refractivity contribution in [1.29, 1.82) is 0 Å². The lowest BCUT2D eigenvalue weighted by molar-refractivity contribution is 0.0122. The summed E-state index contributed by atoms with van der Waals surface area (Å²) in [6.07, 6.45) is 2.20. The SMILES string of the molecule is CCNC(CCC(C)(C)OC)CSc1ccccc1Br. The van der Waals surface area contributed by atoms with Crippen LogP contribution in [0.25, 0.3) is 0 Å². The van der Waals surface area contributed by atoms with Crippen LogP contribution in [0.5, 0.6) is 0 Å². The predicted molar refractivity (Wildman–Crippen MR) is 92.7 cm³/mol. The number of halogens is 1. The molecule has 0 spiro atoms. The molecule has 114 valence electrons. The van der Waals surface area contributed by atoms with Crippen molar-refractivity contribution in [2.24, 2.45) is 0 Å². The van der Waals surface area contributed by atoms with Crippen LogP contribution in [-0.4, -0.2) is 31.1 Å². The second kappa shape index (κ2) is 9.08. The maximum atomic E-state index is 5.51. The van der Waals surface area contributed by atoms with Crippen molar-refractivity contribution in [2.75, 3.05) is 19.4 Å². The van der Waals surface area contributed by atoms with Gasteiger partial charge in [0.15, 0.2) is 0 Å². The van der Waals surface area contributed by atoms with E-state index in [9.17, 15) is 0 Å². The van der Waals surface area contributed by atoms with Gasteiger partial charge in [-0.15, -0.1) is 11.8 Å². The van der Waals surface area contributed by atoms with Gasteiger partial charge in [0.05, 0.1) is 5.60 Å². The van der Waals surface area contributed by atoms with Gasteiger partial charge in [0.1, 0.15) is 0 Å². The molecule has 0 aliphatic heterocycles. The Morgan fingerprint density at radius 2 is 2.05 bits per heavy atom. The average molecular weight is 360 g/mol. The first-order valence-electron chi connectivity index (χ1n) is 7.14. The number of rotatable bonds is 9. The van der Waals surface area contributed by atoms with E-state index in [1.807, 2.05) is 11.8 Å². The van der Waals surface area contributed by atoms with Crippen LogP contribution in [0.2, 0.25) is 0 Å². The summed E-state index contributed by atoms with van der Waals surface area (Å²) in [7, 11) is 1.79. The van der Waals surface area contributed by atoms with Gasteiger partial charge in [-0.05, 0) is 61.3 Å². The molecule has 0 bridgehead atoms. The molecule has 1 aromatic rings. The third-order valence-electron chi connectivity index (χ3n) is 3.42. The van der Waals surface area contributed by atoms with Crippen LogP contribution in [-0.2, 0) is 4.74 Å². The lowest BCUT2D eigenvalue weighted by Crippen LogP contribution is -2.34. The van der Waals surface area contributed by atoms with Crippen LogP contribution in [0.1, 0.15) is 33.6 Å². The standard InChI is InChI=1S/C16H26BrNOS/c1-5-18-13(10-11-16(2,3)19-4)12-20-15-9-7-6-8-14(15)17/h6-9,13,18H,5,10-12H2,1-4H3. The van der Waals surface area contributed by atoms with Crippen LogP contribution in [0.15, 0.2) is 33.6 Å². The summed E-state index contributed by atoms with van der Waals surface area (Å²) in [4.78, 5) is 1.31. The summed E-state index contributed by atoms with van der Waals surface area (Å²) in [6, 6.07) is 8.92. The number of benzene rings is 1. The lowest BCUT2D eigenvalue weighted by atomic mass is 9.99. The molecule has 0 heterocycles. The predicted octanol–water partition coefficient (Wildman–Crippen LogP) is 4.72. The third-order valence-corrected chi connectivity index (χ3v) is 5.61. The topological polar surface area (TPSA) is 21.3 Å². The summed E-state index contributed by atoms with van der Waals surface area (Å²) in [6.45, 7) is 7.47. The quantitative estimate of drug-likeness (QED) is 0.644. The number of methoxy groups -OCH3 is 1. The Morgan fingerprint density at radius 3 is 2.65 bits per heavy atom. The molecular weight excluding hydrogens is 334 g/mol. The minimum Gasteiger partial charge on any atom is -0.379 e. The number of hydrogen-bond donors (Lipinski definition) is 1. The number of thioether (sulfide) groups is 1. The van der Waals surface area contributed by atoms with Crippen molar-refractivity contribution in [3.05, 3.63) is 28.7 Å². The molecular formula is C16H26BrNOS. The second-order valence-electron chi connectivity index (χ2n) is 5.50. The summed E-state index contributed by atoms with van der Waals surface area (Å²) in [5.74, 6) is 1.08. The Hall–Kier alpha value is -0.0300. The Morgan fingerprint density at radius 1 is 1.35 bits per heavy atom. The van der Waals surface area contributed by atoms with E-state index < -0.39 is 0 Å². The van der Waals surface area contributed by atoms with Crippen molar-refractivity contribution in [2.45, 2.75) is 50.2 Å². The van der Waals surface area contributed by atoms with Crippen LogP contribution in [0, 0.1) is 0 Å². The van der Waals surface area contributed by atoms with Crippen LogP contribution in [0.4, 0.5) is 0 Å². The molecule has 20 heavy (non-hydrogen) atoms. The minimum absolute atomic E-state index is 0.0360. The Labute approximate surface area is 136 Å². The van der Waals surface area contributed by atoms with E-state index in [1.54, 1.807) is 7.11 Å². The van der Waals surface area contributed by atoms with Gasteiger partial charge in [-0.3, -0.25) is 0 Å². The number of nitrogens with one attached hydrogen (secondary N) is 1. The molecule has 1 N–H and O–H groups in total. The third kappa shape index (κ3) is 6.61. The lowest BCUT2D eigenvalue weighted by Gasteiger charge is -2.26. The van der Waals surface area contributed by atoms with E-state index in [2.05, 4.69) is 66.3 Å². The number of ether oxygens (including phenoxy) is 1. The van der Waals surface area contributed by atoms with E-state index in [-0.39, 0.29) is 5.60 Å². The Bertz CT molecular complexity index is 398. The minimum atomic E-state index is -0.0360. The van der Waals surface area contributed by atoms with Crippen LogP contribution < -0.4 is 5.32 Å². The molecule has 1 aromatic carbocycles. The first-order chi connectivity index (χ1) is 9.48. The van der Waals surface area contributed by atoms with Gasteiger partial charge in [0.25, 0.3) is 0 Å². The summed E-state index contributed by atoms with van der Waals surface area (Å²) >= 11 is 5.51. The average Bonchev–Trinajstić information content (AvgIpc) is 2.43. The fourth-order valence-corrected chi connectivity index (χ4v) is 3.58. The molecule has 4 heteroatoms. The van der Waals surface area contributed by atoms with Gasteiger partial charge in [0.2, 0.25) is 0 Å². The first kappa shape index (κ1) is 18.0. The van der Waals surface area contributed by atoms with Gasteiger partial charge < -0.3 is 10.1 Å². The highest BCUT2D eigenvalue weighted by atomic mass is 79.9. The summed E-state index contributed by atoms with van der Waals surface area (Å²) in [5, 5.41) is 3.58. The van der Waals surface area contributed by atoms with E-state index in [1.165, 1.54) is 9.37 Å². The molecule has 2 nitrogen and oxygen atoms in total. The zero-order valence-electron chi connectivity index (χ0n) is 12.9. The molecule has 0 saturated carbocycles. The molecule has 0 aliphatic rings. The molecule has 0 aliphatic carbocycles. The highest BCUT2D eigenvalue weighted by Crippen LogP contribution is 2.28. The Balaban J connectivity index is 2.49. The fraction of sp³-hybridized carbons (Fsp3) is 0.625. The van der Waals surface area contributed by atoms with Crippen molar-refractivity contribution in [1.82, 2.24) is 5.32 Å². The molecule has 0 fully saturated rings. The fourth-order valence-electron chi connectivity index (χ4n) is 1.91. The normalized spacial score (nSPS) is 13.4. The zero-order valence-corrected chi connectivity index (χ0v) is 15.3. The number of hydrogen-bond acceptors (Lipinski definition) is 3. The second-order valence-corrected chi connectivity index (χ2v) is 7.41. The van der Waals surface area contributed by atoms with Crippen molar-refractivity contribution in [3.63, 3.8) is 0 Å². The van der Waals surface area contributed by atoms with Gasteiger partial charge in [-0.2, -0.15) is 0 Å². The van der Waals surface area contributed by atoms with Crippen molar-refractivity contribution in [3.8, 4) is 0 Å². The molecule has 1 unspecified atom stereocenters. The van der Waals surface area contributed by atoms with Gasteiger partial charge in [-0.1, -0.05) is 19.1 Å². The monoisotopic (exact) mass is 359 g/mol. The maximum absolute atomic E-state index is 5.51. The van der Waals surface area contributed by atoms with Crippen LogP contribution in [0.3, 0.4) is 0 Å². The molecule has 0 amide bonds. The van der Waals surface area contributed by atoms with Gasteiger partial charge in [-0.25, -0.2) is 0 Å². The van der Waals surface area contributed by atoms with Crippen LogP contribution >= 0.6 is 27.7 Å². The molecule has 0 aromatic heterocycles. The van der Waals surface area contributed by atoms with E-state index in [4.69, 9.17) is 4.74 Å². The highest BCUT2D eigenvalue weighted by molar-refractivity contribution is 9.10. The van der Waals surface area contributed by atoms with E-state index in [0.29, 0.717) is 6.04 Å². The van der Waals surface area contributed by atoms with E-state index >= 15 is 0 Å². The van der Waals surface area contributed by atoms with Gasteiger partial charge >= 0.3 is 0 Å². The highest BCUT2D eigenvalue weighted by Gasteiger charge is 2.19. The zero-order chi connectivity index (χ0) is 15.0. The summed E-state index contributed by atoms with van der Waals surface area (Å²) in [5.41, 5.74) is -0.0360. The molecule has 1 rings (SSSR count). The van der Waals surface area contributed by atoms with Gasteiger partial charge in [0, 0.05) is 28.3 Å². The molecule has 0 saturated heterocycles. The molecule has 1 atom stereocenters. The Kier molecular flexibility index (Phi) is 8.18. The van der Waals surface area contributed by atoms with Crippen molar-refractivity contribution < 1.29 is 4.74 Å².